The van der Waals surface area contributed by atoms with Crippen molar-refractivity contribution in [3.05, 3.63) is 59.7 Å². The maximum absolute atomic E-state index is 5.35. The third-order valence-electron chi connectivity index (χ3n) is 4.23. The molecule has 0 spiro atoms. The highest BCUT2D eigenvalue weighted by Gasteiger charge is 2.13. The summed E-state index contributed by atoms with van der Waals surface area (Å²) in [6, 6.07) is 10.0. The normalized spacial score (nSPS) is 11.0. The van der Waals surface area contributed by atoms with E-state index >= 15 is 0 Å². The van der Waals surface area contributed by atoms with E-state index in [0.717, 1.165) is 33.9 Å². The van der Waals surface area contributed by atoms with Crippen molar-refractivity contribution in [3.63, 3.8) is 0 Å². The van der Waals surface area contributed by atoms with Gasteiger partial charge in [-0.1, -0.05) is 17.7 Å². The van der Waals surface area contributed by atoms with Gasteiger partial charge in [-0.25, -0.2) is 0 Å². The molecule has 0 saturated heterocycles. The van der Waals surface area contributed by atoms with Crippen molar-refractivity contribution in [1.82, 2.24) is 19.7 Å². The predicted octanol–water partition coefficient (Wildman–Crippen LogP) is 3.93. The van der Waals surface area contributed by atoms with Crippen molar-refractivity contribution in [3.8, 4) is 0 Å². The second-order valence-electron chi connectivity index (χ2n) is 6.28. The van der Waals surface area contributed by atoms with Gasteiger partial charge in [-0.2, -0.15) is 15.1 Å². The zero-order valence-corrected chi connectivity index (χ0v) is 14.9. The van der Waals surface area contributed by atoms with Crippen molar-refractivity contribution in [1.29, 1.82) is 0 Å². The van der Waals surface area contributed by atoms with E-state index < -0.39 is 0 Å². The topological polar surface area (TPSA) is 80.8 Å². The van der Waals surface area contributed by atoms with Crippen LogP contribution in [0.5, 0.6) is 0 Å². The van der Waals surface area contributed by atoms with Crippen LogP contribution in [0.2, 0.25) is 0 Å². The number of anilines is 3. The molecule has 0 aliphatic rings. The van der Waals surface area contributed by atoms with Crippen LogP contribution in [0.3, 0.4) is 0 Å². The molecule has 132 valence electrons. The second-order valence-corrected chi connectivity index (χ2v) is 6.28. The number of aryl methyl sites for hydroxylation is 3. The summed E-state index contributed by atoms with van der Waals surface area (Å²) in [4.78, 5) is 9.21. The highest BCUT2D eigenvalue weighted by atomic mass is 16.3. The Morgan fingerprint density at radius 2 is 2.04 bits per heavy atom. The monoisotopic (exact) mass is 348 g/mol. The molecule has 2 N–H and O–H groups in total. The third-order valence-corrected chi connectivity index (χ3v) is 4.23. The Labute approximate surface area is 151 Å². The van der Waals surface area contributed by atoms with Gasteiger partial charge >= 0.3 is 0 Å². The first-order valence-electron chi connectivity index (χ1n) is 8.40. The van der Waals surface area contributed by atoms with Crippen LogP contribution in [0.25, 0.3) is 11.0 Å². The quantitative estimate of drug-likeness (QED) is 0.569. The second kappa shape index (κ2) is 6.51. The molecule has 0 fully saturated rings. The van der Waals surface area contributed by atoms with E-state index in [2.05, 4.69) is 57.7 Å². The lowest BCUT2D eigenvalue weighted by atomic mass is 10.1. The van der Waals surface area contributed by atoms with Crippen molar-refractivity contribution in [2.45, 2.75) is 20.4 Å². The molecular weight excluding hydrogens is 328 g/mol. The number of hydrogen-bond donors (Lipinski definition) is 2. The molecule has 1 aromatic carbocycles. The maximum atomic E-state index is 5.35. The maximum Gasteiger partial charge on any atom is 0.227 e. The van der Waals surface area contributed by atoms with Gasteiger partial charge in [0.05, 0.1) is 24.4 Å². The highest BCUT2D eigenvalue weighted by molar-refractivity contribution is 5.89. The van der Waals surface area contributed by atoms with Crippen molar-refractivity contribution in [2.24, 2.45) is 7.05 Å². The fourth-order valence-corrected chi connectivity index (χ4v) is 2.86. The van der Waals surface area contributed by atoms with Crippen LogP contribution in [-0.2, 0) is 13.6 Å². The lowest BCUT2D eigenvalue weighted by molar-refractivity contribution is 0.517. The van der Waals surface area contributed by atoms with Crippen LogP contribution >= 0.6 is 0 Å². The van der Waals surface area contributed by atoms with Crippen LogP contribution in [-0.4, -0.2) is 19.7 Å². The summed E-state index contributed by atoms with van der Waals surface area (Å²) < 4.78 is 7.09. The summed E-state index contributed by atoms with van der Waals surface area (Å²) in [5, 5.41) is 11.8. The molecule has 0 amide bonds. The minimum atomic E-state index is 0.513. The minimum absolute atomic E-state index is 0.513. The SMILES string of the molecule is Cc1ccc(Nc2nc(NCc3ccco3)nc3c2cnn3C)c(C)c1. The van der Waals surface area contributed by atoms with Gasteiger partial charge in [0, 0.05) is 12.7 Å². The van der Waals surface area contributed by atoms with Crippen LogP contribution in [0, 0.1) is 13.8 Å². The molecule has 3 aromatic heterocycles. The van der Waals surface area contributed by atoms with Crippen molar-refractivity contribution >= 4 is 28.5 Å². The fourth-order valence-electron chi connectivity index (χ4n) is 2.86. The van der Waals surface area contributed by atoms with Gasteiger partial charge in [0.25, 0.3) is 0 Å². The van der Waals surface area contributed by atoms with Crippen LogP contribution in [0.1, 0.15) is 16.9 Å². The Hall–Kier alpha value is -3.35. The zero-order valence-electron chi connectivity index (χ0n) is 14.9. The van der Waals surface area contributed by atoms with E-state index in [0.29, 0.717) is 12.5 Å². The highest BCUT2D eigenvalue weighted by Crippen LogP contribution is 2.27. The molecule has 0 atom stereocenters. The van der Waals surface area contributed by atoms with E-state index in [1.54, 1.807) is 17.1 Å². The third kappa shape index (κ3) is 3.11. The van der Waals surface area contributed by atoms with Gasteiger partial charge in [0.15, 0.2) is 5.65 Å². The number of benzene rings is 1. The summed E-state index contributed by atoms with van der Waals surface area (Å²) in [6.45, 7) is 4.67. The van der Waals surface area contributed by atoms with E-state index in [9.17, 15) is 0 Å². The largest absolute Gasteiger partial charge is 0.467 e. The number of aromatic nitrogens is 4. The molecule has 0 radical (unpaired) electrons. The molecule has 0 aliphatic carbocycles. The van der Waals surface area contributed by atoms with E-state index in [4.69, 9.17) is 4.42 Å². The number of hydrogen-bond acceptors (Lipinski definition) is 6. The molecule has 26 heavy (non-hydrogen) atoms. The average Bonchev–Trinajstić information content (AvgIpc) is 3.26. The van der Waals surface area contributed by atoms with Gasteiger partial charge in [-0.05, 0) is 37.6 Å². The van der Waals surface area contributed by atoms with Crippen LogP contribution in [0.4, 0.5) is 17.5 Å². The fraction of sp³-hybridized carbons (Fsp3) is 0.211. The smallest absolute Gasteiger partial charge is 0.227 e. The summed E-state index contributed by atoms with van der Waals surface area (Å²) >= 11 is 0. The van der Waals surface area contributed by atoms with E-state index in [-0.39, 0.29) is 0 Å². The molecule has 0 bridgehead atoms. The number of rotatable bonds is 5. The summed E-state index contributed by atoms with van der Waals surface area (Å²) in [6.07, 6.45) is 3.42. The van der Waals surface area contributed by atoms with E-state index in [1.807, 2.05) is 19.2 Å². The Morgan fingerprint density at radius 3 is 2.81 bits per heavy atom. The first kappa shape index (κ1) is 16.1. The van der Waals surface area contributed by atoms with Gasteiger partial charge in [0.1, 0.15) is 11.6 Å². The molecular formula is C19H20N6O. The predicted molar refractivity (Wildman–Crippen MR) is 102 cm³/mol. The number of nitrogens with one attached hydrogen (secondary N) is 2. The van der Waals surface area contributed by atoms with Crippen LogP contribution < -0.4 is 10.6 Å². The first-order chi connectivity index (χ1) is 12.6. The number of furan rings is 1. The lowest BCUT2D eigenvalue weighted by Crippen LogP contribution is -2.07. The van der Waals surface area contributed by atoms with Gasteiger partial charge in [0.2, 0.25) is 5.95 Å². The van der Waals surface area contributed by atoms with Crippen molar-refractivity contribution in [2.75, 3.05) is 10.6 Å². The molecule has 4 rings (SSSR count). The summed E-state index contributed by atoms with van der Waals surface area (Å²) in [7, 11) is 1.87. The van der Waals surface area contributed by atoms with Gasteiger partial charge in [-0.15, -0.1) is 0 Å². The molecule has 0 unspecified atom stereocenters. The number of nitrogens with zero attached hydrogens (tertiary/aromatic N) is 4. The molecule has 7 heteroatoms. The molecule has 3 heterocycles. The molecule has 0 aliphatic heterocycles. The summed E-state index contributed by atoms with van der Waals surface area (Å²) in [5.74, 6) is 2.06. The molecule has 4 aromatic rings. The number of fused-ring (bicyclic) bond motifs is 1. The van der Waals surface area contributed by atoms with E-state index in [1.165, 1.54) is 5.56 Å². The molecule has 7 nitrogen and oxygen atoms in total. The Morgan fingerprint density at radius 1 is 1.15 bits per heavy atom. The van der Waals surface area contributed by atoms with Crippen LogP contribution in [0.15, 0.2) is 47.2 Å². The average molecular weight is 348 g/mol. The zero-order chi connectivity index (χ0) is 18.1. The lowest BCUT2D eigenvalue weighted by Gasteiger charge is -2.12. The first-order valence-corrected chi connectivity index (χ1v) is 8.40. The van der Waals surface area contributed by atoms with Crippen molar-refractivity contribution < 1.29 is 4.42 Å². The summed E-state index contributed by atoms with van der Waals surface area (Å²) in [5.41, 5.74) is 4.15. The standard InChI is InChI=1S/C19H20N6O/c1-12-6-7-16(13(2)9-12)22-17-15-11-21-25(3)18(15)24-19(23-17)20-10-14-5-4-8-26-14/h4-9,11H,10H2,1-3H3,(H2,20,22,23,24). The Bertz CT molecular complexity index is 1050. The van der Waals surface area contributed by atoms with Gasteiger partial charge in [-0.3, -0.25) is 4.68 Å². The Kier molecular flexibility index (Phi) is 4.04. The minimum Gasteiger partial charge on any atom is -0.467 e. The van der Waals surface area contributed by atoms with Gasteiger partial charge < -0.3 is 15.1 Å². The Balaban J connectivity index is 1.70. The molecule has 0 saturated carbocycles.